The van der Waals surface area contributed by atoms with Gasteiger partial charge in [0.05, 0.1) is 6.17 Å². The van der Waals surface area contributed by atoms with Gasteiger partial charge in [-0.2, -0.15) is 0 Å². The molecule has 0 radical (unpaired) electrons. The Labute approximate surface area is 250 Å². The first-order chi connectivity index (χ1) is 20.6. The minimum atomic E-state index is -1.16. The normalized spacial score (nSPS) is 14.5. The smallest absolute Gasteiger partial charge is 0.413 e. The summed E-state index contributed by atoms with van der Waals surface area (Å²) in [6, 6.07) is 19.2. The lowest BCUT2D eigenvalue weighted by Crippen LogP contribution is -2.54. The number of nitrogens with zero attached hydrogens (tertiary/aromatic N) is 2. The van der Waals surface area contributed by atoms with E-state index in [9.17, 15) is 28.7 Å². The van der Waals surface area contributed by atoms with Gasteiger partial charge < -0.3 is 15.7 Å². The summed E-state index contributed by atoms with van der Waals surface area (Å²) in [6.45, 7) is 4.33. The molecule has 0 aromatic heterocycles. The topological polar surface area (TPSA) is 119 Å². The molecule has 1 fully saturated rings. The number of nitrogens with one attached hydrogen (secondary N) is 2. The fourth-order valence-electron chi connectivity index (χ4n) is 5.47. The molecule has 3 amide bonds. The largest absolute Gasteiger partial charge is 0.465 e. The number of carbonyl (C=O) groups is 4. The summed E-state index contributed by atoms with van der Waals surface area (Å²) >= 11 is 0. The molecule has 3 aromatic carbocycles. The van der Waals surface area contributed by atoms with Gasteiger partial charge in [-0.3, -0.25) is 19.4 Å². The number of ketones is 2. The Balaban J connectivity index is 1.47. The maximum absolute atomic E-state index is 13.3. The van der Waals surface area contributed by atoms with Gasteiger partial charge >= 0.3 is 12.1 Å². The molecular weight excluding hydrogens is 551 g/mol. The zero-order chi connectivity index (χ0) is 30.9. The van der Waals surface area contributed by atoms with Crippen LogP contribution < -0.4 is 15.5 Å². The molecule has 0 spiro atoms. The van der Waals surface area contributed by atoms with Crippen LogP contribution in [0.15, 0.2) is 72.8 Å². The molecule has 9 nitrogen and oxygen atoms in total. The van der Waals surface area contributed by atoms with Gasteiger partial charge in [0.2, 0.25) is 0 Å². The molecule has 1 aliphatic heterocycles. The third-order valence-corrected chi connectivity index (χ3v) is 7.76. The second kappa shape index (κ2) is 14.6. The van der Waals surface area contributed by atoms with Crippen molar-refractivity contribution >= 4 is 35.1 Å². The number of anilines is 2. The van der Waals surface area contributed by atoms with Crippen molar-refractivity contribution < 1.29 is 28.7 Å². The summed E-state index contributed by atoms with van der Waals surface area (Å²) in [5.41, 5.74) is 2.80. The first-order valence-corrected chi connectivity index (χ1v) is 14.4. The molecule has 10 heteroatoms. The average Bonchev–Trinajstić information content (AvgIpc) is 2.98. The van der Waals surface area contributed by atoms with Gasteiger partial charge in [-0.1, -0.05) is 36.4 Å². The summed E-state index contributed by atoms with van der Waals surface area (Å²) in [5, 5.41) is 15.9. The molecule has 1 heterocycles. The fraction of sp³-hybridized carbons (Fsp3) is 0.333. The number of Topliss-reactive ketones (excluding diaryl/α,β-unsaturated/α-hetero) is 2. The molecule has 0 bridgehead atoms. The van der Waals surface area contributed by atoms with Crippen molar-refractivity contribution in [1.29, 1.82) is 0 Å². The number of hydrogen-bond donors (Lipinski definition) is 3. The second-order valence-corrected chi connectivity index (χ2v) is 10.9. The maximum Gasteiger partial charge on any atom is 0.413 e. The van der Waals surface area contributed by atoms with Crippen LogP contribution in [0.2, 0.25) is 0 Å². The van der Waals surface area contributed by atoms with Gasteiger partial charge in [0.1, 0.15) is 5.82 Å². The Kier molecular flexibility index (Phi) is 10.6. The number of carbonyl (C=O) groups excluding carboxylic acids is 3. The van der Waals surface area contributed by atoms with Gasteiger partial charge in [-0.15, -0.1) is 0 Å². The Hall–Kier alpha value is -4.57. The molecule has 0 aliphatic carbocycles. The predicted octanol–water partition coefficient (Wildman–Crippen LogP) is 6.21. The monoisotopic (exact) mass is 588 g/mol. The lowest BCUT2D eigenvalue weighted by atomic mass is 9.89. The standard InChI is InChI=1S/C33H37FN4O5/c1-22(39)26-5-3-7-29(20-26)36-32(41)35-16-13-31(38(33(42)43)30-8-4-6-27(21-30)23(2)40)37-17-14-25(15-18-37)19-24-9-11-28(34)12-10-24/h3-12,20-21,25,31H,13-19H2,1-2H3,(H,42,43)(H2,35,36,41). The lowest BCUT2D eigenvalue weighted by Gasteiger charge is -2.42. The van der Waals surface area contributed by atoms with E-state index in [4.69, 9.17) is 0 Å². The molecule has 3 N–H and O–H groups in total. The minimum Gasteiger partial charge on any atom is -0.465 e. The maximum atomic E-state index is 13.3. The van der Waals surface area contributed by atoms with Crippen molar-refractivity contribution in [2.24, 2.45) is 5.92 Å². The highest BCUT2D eigenvalue weighted by Crippen LogP contribution is 2.28. The first kappa shape index (κ1) is 31.4. The molecule has 1 aliphatic rings. The van der Waals surface area contributed by atoms with Crippen LogP contribution >= 0.6 is 0 Å². The quantitative estimate of drug-likeness (QED) is 0.229. The number of hydrogen-bond acceptors (Lipinski definition) is 5. The van der Waals surface area contributed by atoms with E-state index in [1.54, 1.807) is 60.7 Å². The van der Waals surface area contributed by atoms with Crippen molar-refractivity contribution in [2.45, 2.75) is 45.7 Å². The molecule has 0 saturated carbocycles. The fourth-order valence-corrected chi connectivity index (χ4v) is 5.47. The molecule has 3 aromatic rings. The number of amides is 3. The van der Waals surface area contributed by atoms with Gasteiger partial charge in [-0.25, -0.2) is 14.0 Å². The molecule has 1 atom stereocenters. The lowest BCUT2D eigenvalue weighted by molar-refractivity contribution is 0.100. The van der Waals surface area contributed by atoms with Crippen LogP contribution in [0, 0.1) is 11.7 Å². The van der Waals surface area contributed by atoms with Crippen molar-refractivity contribution in [1.82, 2.24) is 10.2 Å². The molecule has 1 unspecified atom stereocenters. The zero-order valence-electron chi connectivity index (χ0n) is 24.4. The van der Waals surface area contributed by atoms with Crippen LogP contribution in [0.25, 0.3) is 0 Å². The highest BCUT2D eigenvalue weighted by molar-refractivity contribution is 5.97. The minimum absolute atomic E-state index is 0.115. The van der Waals surface area contributed by atoms with Crippen molar-refractivity contribution in [3.8, 4) is 0 Å². The average molecular weight is 589 g/mol. The number of likely N-dealkylation sites (tertiary alicyclic amines) is 1. The van der Waals surface area contributed by atoms with Crippen LogP contribution in [0.4, 0.5) is 25.4 Å². The van der Waals surface area contributed by atoms with Gasteiger partial charge in [0.15, 0.2) is 11.6 Å². The Morgan fingerprint density at radius 2 is 1.56 bits per heavy atom. The molecule has 4 rings (SSSR count). The third kappa shape index (κ3) is 8.71. The van der Waals surface area contributed by atoms with Crippen LogP contribution in [0.1, 0.15) is 59.4 Å². The first-order valence-electron chi connectivity index (χ1n) is 14.4. The number of benzene rings is 3. The summed E-state index contributed by atoms with van der Waals surface area (Å²) in [7, 11) is 0. The van der Waals surface area contributed by atoms with Gasteiger partial charge in [0, 0.05) is 42.1 Å². The third-order valence-electron chi connectivity index (χ3n) is 7.76. The molecule has 43 heavy (non-hydrogen) atoms. The molecular formula is C33H37FN4O5. The summed E-state index contributed by atoms with van der Waals surface area (Å²) < 4.78 is 13.3. The van der Waals surface area contributed by atoms with Gasteiger partial charge in [0.25, 0.3) is 0 Å². The number of piperidine rings is 1. The van der Waals surface area contributed by atoms with E-state index in [-0.39, 0.29) is 23.9 Å². The van der Waals surface area contributed by atoms with E-state index < -0.39 is 18.3 Å². The van der Waals surface area contributed by atoms with E-state index in [0.717, 1.165) is 24.8 Å². The SMILES string of the molecule is CC(=O)c1cccc(NC(=O)NCCC(N2CCC(Cc3ccc(F)cc3)CC2)N(C(=O)O)c2cccc(C(C)=O)c2)c1. The highest BCUT2D eigenvalue weighted by Gasteiger charge is 2.33. The molecule has 226 valence electrons. The van der Waals surface area contributed by atoms with E-state index in [2.05, 4.69) is 15.5 Å². The van der Waals surface area contributed by atoms with Crippen molar-refractivity contribution in [2.75, 3.05) is 29.9 Å². The van der Waals surface area contributed by atoms with E-state index >= 15 is 0 Å². The van der Waals surface area contributed by atoms with Crippen molar-refractivity contribution in [3.05, 3.63) is 95.3 Å². The summed E-state index contributed by atoms with van der Waals surface area (Å²) in [5.74, 6) is -0.180. The Morgan fingerprint density at radius 3 is 2.19 bits per heavy atom. The molecule has 1 saturated heterocycles. The van der Waals surface area contributed by atoms with E-state index in [0.29, 0.717) is 47.9 Å². The van der Waals surface area contributed by atoms with Crippen LogP contribution in [0.3, 0.4) is 0 Å². The highest BCUT2D eigenvalue weighted by atomic mass is 19.1. The zero-order valence-corrected chi connectivity index (χ0v) is 24.4. The van der Waals surface area contributed by atoms with E-state index in [1.165, 1.54) is 30.9 Å². The number of carboxylic acid groups (broad SMARTS) is 1. The number of urea groups is 1. The Morgan fingerprint density at radius 1 is 0.930 bits per heavy atom. The number of rotatable bonds is 11. The van der Waals surface area contributed by atoms with Crippen molar-refractivity contribution in [3.63, 3.8) is 0 Å². The Bertz CT molecular complexity index is 1450. The summed E-state index contributed by atoms with van der Waals surface area (Å²) in [6.07, 6.45) is 0.997. The predicted molar refractivity (Wildman–Crippen MR) is 163 cm³/mol. The van der Waals surface area contributed by atoms with Gasteiger partial charge in [-0.05, 0) is 87.4 Å². The van der Waals surface area contributed by atoms with E-state index in [1.807, 2.05) is 0 Å². The van der Waals surface area contributed by atoms with Crippen LogP contribution in [0.5, 0.6) is 0 Å². The summed E-state index contributed by atoms with van der Waals surface area (Å²) in [4.78, 5) is 52.5. The number of halogens is 1. The van der Waals surface area contributed by atoms with Crippen LogP contribution in [-0.2, 0) is 6.42 Å². The second-order valence-electron chi connectivity index (χ2n) is 10.9. The van der Waals surface area contributed by atoms with Crippen LogP contribution in [-0.4, -0.2) is 59.5 Å².